The summed E-state index contributed by atoms with van der Waals surface area (Å²) in [5.74, 6) is 0. The average Bonchev–Trinajstić information content (AvgIpc) is 2.66. The topological polar surface area (TPSA) is 42.1 Å². The Morgan fingerprint density at radius 2 is 2.43 bits per heavy atom. The molecular weight excluding hydrogens is 194 g/mol. The highest BCUT2D eigenvalue weighted by Gasteiger charge is 2.12. The molecule has 1 aromatic rings. The average molecular weight is 213 g/mol. The second kappa shape index (κ2) is 6.11. The molecule has 1 unspecified atom stereocenters. The molecule has 0 bridgehead atoms. The van der Waals surface area contributed by atoms with Gasteiger partial charge in [0.15, 0.2) is 0 Å². The summed E-state index contributed by atoms with van der Waals surface area (Å²) in [5, 5.41) is 2.09. The van der Waals surface area contributed by atoms with Crippen molar-refractivity contribution in [3.63, 3.8) is 0 Å². The first-order valence-corrected chi connectivity index (χ1v) is 5.99. The first-order chi connectivity index (χ1) is 6.77. The lowest BCUT2D eigenvalue weighted by atomic mass is 10.1. The number of thiazole rings is 1. The molecule has 1 heterocycles. The summed E-state index contributed by atoms with van der Waals surface area (Å²) in [4.78, 5) is 6.56. The zero-order valence-corrected chi connectivity index (χ0v) is 9.76. The maximum Gasteiger partial charge on any atom is 0.0795 e. The summed E-state index contributed by atoms with van der Waals surface area (Å²) in [6, 6.07) is 0.488. The second-order valence-electron chi connectivity index (χ2n) is 3.57. The predicted molar refractivity (Wildman–Crippen MR) is 61.3 cm³/mol. The zero-order chi connectivity index (χ0) is 10.4. The summed E-state index contributed by atoms with van der Waals surface area (Å²) < 4.78 is 0. The normalized spacial score (nSPS) is 13.4. The van der Waals surface area contributed by atoms with Crippen LogP contribution in [-0.2, 0) is 6.54 Å². The second-order valence-corrected chi connectivity index (χ2v) is 4.29. The Morgan fingerprint density at radius 1 is 1.64 bits per heavy atom. The van der Waals surface area contributed by atoms with Gasteiger partial charge in [0.1, 0.15) is 0 Å². The molecule has 3 nitrogen and oxygen atoms in total. The van der Waals surface area contributed by atoms with Crippen LogP contribution >= 0.6 is 11.3 Å². The predicted octanol–water partition coefficient (Wildman–Crippen LogP) is 1.70. The van der Waals surface area contributed by atoms with Gasteiger partial charge < -0.3 is 5.73 Å². The van der Waals surface area contributed by atoms with Gasteiger partial charge in [0.25, 0.3) is 0 Å². The van der Waals surface area contributed by atoms with E-state index in [0.717, 1.165) is 25.2 Å². The molecule has 0 radical (unpaired) electrons. The van der Waals surface area contributed by atoms with Crippen LogP contribution in [0.5, 0.6) is 0 Å². The van der Waals surface area contributed by atoms with E-state index in [4.69, 9.17) is 5.73 Å². The molecule has 0 aliphatic carbocycles. The number of aromatic nitrogens is 1. The Morgan fingerprint density at radius 3 is 2.93 bits per heavy atom. The van der Waals surface area contributed by atoms with Crippen molar-refractivity contribution in [2.75, 3.05) is 13.6 Å². The molecule has 1 atom stereocenters. The van der Waals surface area contributed by atoms with Gasteiger partial charge in [-0.15, -0.1) is 11.3 Å². The fourth-order valence-corrected chi connectivity index (χ4v) is 2.10. The van der Waals surface area contributed by atoms with Gasteiger partial charge in [-0.1, -0.05) is 13.3 Å². The van der Waals surface area contributed by atoms with E-state index < -0.39 is 0 Å². The first-order valence-electron chi connectivity index (χ1n) is 5.05. The van der Waals surface area contributed by atoms with Crippen LogP contribution in [0.3, 0.4) is 0 Å². The summed E-state index contributed by atoms with van der Waals surface area (Å²) in [7, 11) is 2.12. The quantitative estimate of drug-likeness (QED) is 0.782. The molecule has 14 heavy (non-hydrogen) atoms. The van der Waals surface area contributed by atoms with Crippen LogP contribution in [0.15, 0.2) is 10.9 Å². The Kier molecular flexibility index (Phi) is 5.07. The largest absolute Gasteiger partial charge is 0.329 e. The van der Waals surface area contributed by atoms with E-state index in [1.807, 2.05) is 5.51 Å². The third-order valence-corrected chi connectivity index (χ3v) is 3.05. The molecule has 1 rings (SSSR count). The monoisotopic (exact) mass is 213 g/mol. The van der Waals surface area contributed by atoms with E-state index in [9.17, 15) is 0 Å². The van der Waals surface area contributed by atoms with Crippen molar-refractivity contribution >= 4 is 11.3 Å². The highest BCUT2D eigenvalue weighted by molar-refractivity contribution is 7.07. The Bertz CT molecular complexity index is 236. The molecule has 4 heteroatoms. The van der Waals surface area contributed by atoms with Crippen molar-refractivity contribution in [3.05, 3.63) is 16.6 Å². The fraction of sp³-hybridized carbons (Fsp3) is 0.700. The van der Waals surface area contributed by atoms with Crippen LogP contribution in [-0.4, -0.2) is 29.5 Å². The van der Waals surface area contributed by atoms with Crippen molar-refractivity contribution in [3.8, 4) is 0 Å². The highest BCUT2D eigenvalue weighted by atomic mass is 32.1. The molecule has 0 aromatic carbocycles. The van der Waals surface area contributed by atoms with E-state index in [0.29, 0.717) is 6.04 Å². The van der Waals surface area contributed by atoms with E-state index in [1.165, 1.54) is 6.42 Å². The third kappa shape index (κ3) is 3.36. The van der Waals surface area contributed by atoms with Gasteiger partial charge in [0.05, 0.1) is 11.2 Å². The molecule has 0 saturated heterocycles. The number of hydrogen-bond acceptors (Lipinski definition) is 4. The lowest BCUT2D eigenvalue weighted by Gasteiger charge is -2.25. The summed E-state index contributed by atoms with van der Waals surface area (Å²) >= 11 is 1.65. The molecule has 1 aromatic heterocycles. The smallest absolute Gasteiger partial charge is 0.0795 e. The summed E-state index contributed by atoms with van der Waals surface area (Å²) in [5.41, 5.74) is 8.75. The molecule has 0 aliphatic heterocycles. The number of nitrogens with two attached hydrogens (primary N) is 1. The molecule has 0 aliphatic rings. The third-order valence-electron chi connectivity index (χ3n) is 2.41. The van der Waals surface area contributed by atoms with E-state index >= 15 is 0 Å². The number of hydrogen-bond donors (Lipinski definition) is 1. The van der Waals surface area contributed by atoms with Gasteiger partial charge >= 0.3 is 0 Å². The van der Waals surface area contributed by atoms with Crippen molar-refractivity contribution in [2.45, 2.75) is 32.4 Å². The van der Waals surface area contributed by atoms with Gasteiger partial charge in [-0.25, -0.2) is 4.98 Å². The van der Waals surface area contributed by atoms with Gasteiger partial charge in [-0.05, 0) is 13.5 Å². The van der Waals surface area contributed by atoms with Gasteiger partial charge in [0, 0.05) is 24.5 Å². The standard InChI is InChI=1S/C10H19N3S/c1-3-4-10(5-11)13(2)6-9-7-14-8-12-9/h7-8,10H,3-6,11H2,1-2H3. The molecular formula is C10H19N3S. The molecule has 2 N–H and O–H groups in total. The zero-order valence-electron chi connectivity index (χ0n) is 8.94. The van der Waals surface area contributed by atoms with Crippen molar-refractivity contribution in [2.24, 2.45) is 5.73 Å². The number of nitrogens with zero attached hydrogens (tertiary/aromatic N) is 2. The van der Waals surface area contributed by atoms with Crippen LogP contribution in [0.25, 0.3) is 0 Å². The van der Waals surface area contributed by atoms with E-state index in [2.05, 4.69) is 29.2 Å². The van der Waals surface area contributed by atoms with Crippen LogP contribution in [0, 0.1) is 0 Å². The molecule has 0 spiro atoms. The maximum absolute atomic E-state index is 5.73. The fourth-order valence-electron chi connectivity index (χ4n) is 1.55. The van der Waals surface area contributed by atoms with E-state index in [1.54, 1.807) is 11.3 Å². The molecule has 0 amide bonds. The van der Waals surface area contributed by atoms with Crippen LogP contribution in [0.1, 0.15) is 25.5 Å². The lowest BCUT2D eigenvalue weighted by Crippen LogP contribution is -2.37. The van der Waals surface area contributed by atoms with Crippen LogP contribution < -0.4 is 5.73 Å². The molecule has 0 fully saturated rings. The lowest BCUT2D eigenvalue weighted by molar-refractivity contribution is 0.224. The SMILES string of the molecule is CCCC(CN)N(C)Cc1cscn1. The first kappa shape index (κ1) is 11.6. The van der Waals surface area contributed by atoms with Gasteiger partial charge in [0.2, 0.25) is 0 Å². The highest BCUT2D eigenvalue weighted by Crippen LogP contribution is 2.09. The molecule has 80 valence electrons. The van der Waals surface area contributed by atoms with Crippen molar-refractivity contribution in [1.29, 1.82) is 0 Å². The minimum atomic E-state index is 0.488. The Balaban J connectivity index is 2.43. The Labute approximate surface area is 89.9 Å². The van der Waals surface area contributed by atoms with Crippen molar-refractivity contribution < 1.29 is 0 Å². The Hall–Kier alpha value is -0.450. The maximum atomic E-state index is 5.73. The van der Waals surface area contributed by atoms with Crippen LogP contribution in [0.4, 0.5) is 0 Å². The number of likely N-dealkylation sites (N-methyl/N-ethyl adjacent to an activating group) is 1. The molecule has 0 saturated carbocycles. The minimum Gasteiger partial charge on any atom is -0.329 e. The number of rotatable bonds is 6. The minimum absolute atomic E-state index is 0.488. The summed E-state index contributed by atoms with van der Waals surface area (Å²) in [6.45, 7) is 3.83. The van der Waals surface area contributed by atoms with Gasteiger partial charge in [-0.3, -0.25) is 4.90 Å². The van der Waals surface area contributed by atoms with E-state index in [-0.39, 0.29) is 0 Å². The van der Waals surface area contributed by atoms with Gasteiger partial charge in [-0.2, -0.15) is 0 Å². The summed E-state index contributed by atoms with van der Waals surface area (Å²) in [6.07, 6.45) is 2.35. The van der Waals surface area contributed by atoms with Crippen LogP contribution in [0.2, 0.25) is 0 Å². The van der Waals surface area contributed by atoms with Crippen molar-refractivity contribution in [1.82, 2.24) is 9.88 Å².